The molecule has 0 spiro atoms. The number of nitrogens with one attached hydrogen (secondary N) is 1. The van der Waals surface area contributed by atoms with Gasteiger partial charge in [-0.3, -0.25) is 4.79 Å². The molecule has 0 aliphatic heterocycles. The van der Waals surface area contributed by atoms with Crippen LogP contribution < -0.4 is 10.1 Å². The van der Waals surface area contributed by atoms with Crippen molar-refractivity contribution in [1.82, 2.24) is 5.32 Å². The fourth-order valence-corrected chi connectivity index (χ4v) is 4.68. The molecule has 2 bridgehead atoms. The van der Waals surface area contributed by atoms with Gasteiger partial charge in [0.05, 0.1) is 0 Å². The molecule has 1 amide bonds. The number of carbonyl (C=O) groups excluding carboxylic acids is 1. The highest BCUT2D eigenvalue weighted by Crippen LogP contribution is 2.49. The normalized spacial score (nSPS) is 23.8. The van der Waals surface area contributed by atoms with Crippen LogP contribution in [0.15, 0.2) is 54.6 Å². The van der Waals surface area contributed by atoms with Gasteiger partial charge in [0.15, 0.2) is 0 Å². The van der Waals surface area contributed by atoms with Gasteiger partial charge in [-0.2, -0.15) is 0 Å². The van der Waals surface area contributed by atoms with Crippen molar-refractivity contribution in [3.05, 3.63) is 65.7 Å². The molecule has 2 aromatic carbocycles. The third kappa shape index (κ3) is 4.09. The third-order valence-electron chi connectivity index (χ3n) is 6.06. The summed E-state index contributed by atoms with van der Waals surface area (Å²) in [5.74, 6) is 3.38. The van der Waals surface area contributed by atoms with Gasteiger partial charge in [-0.25, -0.2) is 0 Å². The highest BCUT2D eigenvalue weighted by molar-refractivity contribution is 5.76. The molecular weight excluding hydrogens is 322 g/mol. The number of rotatable bonds is 7. The van der Waals surface area contributed by atoms with Gasteiger partial charge in [0, 0.05) is 13.0 Å². The lowest BCUT2D eigenvalue weighted by Gasteiger charge is -2.21. The van der Waals surface area contributed by atoms with Crippen LogP contribution in [0, 0.1) is 17.8 Å². The van der Waals surface area contributed by atoms with Gasteiger partial charge in [-0.05, 0) is 60.3 Å². The van der Waals surface area contributed by atoms with Gasteiger partial charge in [0.2, 0.25) is 5.91 Å². The predicted molar refractivity (Wildman–Crippen MR) is 103 cm³/mol. The number of carbonyl (C=O) groups is 1. The van der Waals surface area contributed by atoms with E-state index >= 15 is 0 Å². The largest absolute Gasteiger partial charge is 0.489 e. The van der Waals surface area contributed by atoms with Crippen molar-refractivity contribution in [3.8, 4) is 5.75 Å². The zero-order chi connectivity index (χ0) is 17.8. The van der Waals surface area contributed by atoms with Gasteiger partial charge in [0.1, 0.15) is 12.4 Å². The second-order valence-corrected chi connectivity index (χ2v) is 7.79. The van der Waals surface area contributed by atoms with E-state index in [1.54, 1.807) is 0 Å². The second kappa shape index (κ2) is 7.94. The quantitative estimate of drug-likeness (QED) is 0.786. The smallest absolute Gasteiger partial charge is 0.220 e. The van der Waals surface area contributed by atoms with Crippen LogP contribution in [0.4, 0.5) is 0 Å². The Kier molecular flexibility index (Phi) is 5.24. The molecule has 3 atom stereocenters. The molecule has 2 aliphatic rings. The summed E-state index contributed by atoms with van der Waals surface area (Å²) >= 11 is 0. The molecule has 0 heterocycles. The molecule has 4 rings (SSSR count). The van der Waals surface area contributed by atoms with Gasteiger partial charge in [0.25, 0.3) is 0 Å². The first-order chi connectivity index (χ1) is 12.8. The van der Waals surface area contributed by atoms with E-state index < -0.39 is 0 Å². The van der Waals surface area contributed by atoms with Crippen molar-refractivity contribution in [2.75, 3.05) is 0 Å². The Balaban J connectivity index is 1.29. The van der Waals surface area contributed by atoms with Crippen molar-refractivity contribution >= 4 is 5.91 Å². The van der Waals surface area contributed by atoms with E-state index in [-0.39, 0.29) is 5.91 Å². The molecule has 1 N–H and O–H groups in total. The highest BCUT2D eigenvalue weighted by Gasteiger charge is 2.39. The highest BCUT2D eigenvalue weighted by atomic mass is 16.5. The number of hydrogen-bond donors (Lipinski definition) is 1. The average Bonchev–Trinajstić information content (AvgIpc) is 3.29. The van der Waals surface area contributed by atoms with E-state index in [4.69, 9.17) is 4.74 Å². The Morgan fingerprint density at radius 2 is 1.73 bits per heavy atom. The van der Waals surface area contributed by atoms with Crippen LogP contribution in [-0.2, 0) is 17.9 Å². The van der Waals surface area contributed by atoms with Crippen LogP contribution >= 0.6 is 0 Å². The molecule has 0 aromatic heterocycles. The summed E-state index contributed by atoms with van der Waals surface area (Å²) in [5.41, 5.74) is 2.25. The molecule has 26 heavy (non-hydrogen) atoms. The van der Waals surface area contributed by atoms with Crippen LogP contribution in [0.5, 0.6) is 5.75 Å². The third-order valence-corrected chi connectivity index (χ3v) is 6.06. The first-order valence-electron chi connectivity index (χ1n) is 9.79. The van der Waals surface area contributed by atoms with Crippen molar-refractivity contribution in [3.63, 3.8) is 0 Å². The lowest BCUT2D eigenvalue weighted by atomic mass is 9.86. The topological polar surface area (TPSA) is 38.3 Å². The van der Waals surface area contributed by atoms with Crippen molar-refractivity contribution < 1.29 is 9.53 Å². The molecule has 3 heteroatoms. The summed E-state index contributed by atoms with van der Waals surface area (Å²) in [4.78, 5) is 12.4. The maximum absolute atomic E-state index is 12.4. The monoisotopic (exact) mass is 349 g/mol. The number of ether oxygens (including phenoxy) is 1. The number of fused-ring (bicyclic) bond motifs is 2. The summed E-state index contributed by atoms with van der Waals surface area (Å²) < 4.78 is 5.87. The minimum atomic E-state index is 0.196. The van der Waals surface area contributed by atoms with E-state index in [9.17, 15) is 4.79 Å². The molecule has 0 radical (unpaired) electrons. The summed E-state index contributed by atoms with van der Waals surface area (Å²) in [6.45, 7) is 1.09. The molecule has 3 unspecified atom stereocenters. The Morgan fingerprint density at radius 1 is 0.962 bits per heavy atom. The van der Waals surface area contributed by atoms with Gasteiger partial charge >= 0.3 is 0 Å². The Hall–Kier alpha value is -2.29. The number of amides is 1. The Morgan fingerprint density at radius 3 is 2.46 bits per heavy atom. The first kappa shape index (κ1) is 17.1. The fourth-order valence-electron chi connectivity index (χ4n) is 4.68. The van der Waals surface area contributed by atoms with Gasteiger partial charge < -0.3 is 10.1 Å². The maximum atomic E-state index is 12.4. The van der Waals surface area contributed by atoms with Crippen LogP contribution in [0.2, 0.25) is 0 Å². The zero-order valence-electron chi connectivity index (χ0n) is 15.2. The van der Waals surface area contributed by atoms with Crippen LogP contribution in [0.3, 0.4) is 0 Å². The lowest BCUT2D eigenvalue weighted by Crippen LogP contribution is -2.27. The Labute approximate surface area is 155 Å². The molecular formula is C23H27NO2. The molecule has 136 valence electrons. The summed E-state index contributed by atoms with van der Waals surface area (Å²) in [5, 5.41) is 3.13. The van der Waals surface area contributed by atoms with E-state index in [2.05, 4.69) is 17.4 Å². The molecule has 3 nitrogen and oxygen atoms in total. The minimum absolute atomic E-state index is 0.196. The van der Waals surface area contributed by atoms with E-state index in [0.29, 0.717) is 25.5 Å². The average molecular weight is 349 g/mol. The maximum Gasteiger partial charge on any atom is 0.220 e. The van der Waals surface area contributed by atoms with E-state index in [1.807, 2.05) is 42.5 Å². The lowest BCUT2D eigenvalue weighted by molar-refractivity contribution is -0.122. The van der Waals surface area contributed by atoms with Crippen molar-refractivity contribution in [2.24, 2.45) is 17.8 Å². The van der Waals surface area contributed by atoms with Crippen molar-refractivity contribution in [1.29, 1.82) is 0 Å². The number of hydrogen-bond acceptors (Lipinski definition) is 2. The van der Waals surface area contributed by atoms with E-state index in [1.165, 1.54) is 25.7 Å². The number of benzene rings is 2. The first-order valence-corrected chi connectivity index (χ1v) is 9.79. The van der Waals surface area contributed by atoms with E-state index in [0.717, 1.165) is 28.7 Å². The Bertz CT molecular complexity index is 743. The molecule has 2 aliphatic carbocycles. The molecule has 2 aromatic rings. The standard InChI is InChI=1S/C23H27NO2/c25-23(14-21-13-17-10-11-18(21)12-17)24-15-19-6-4-5-7-20(19)16-26-22-8-2-1-3-9-22/h1-9,17-18,21H,10-16H2,(H,24,25). The fraction of sp³-hybridized carbons (Fsp3) is 0.435. The predicted octanol–water partition coefficient (Wildman–Crippen LogP) is 4.71. The number of para-hydroxylation sites is 1. The summed E-state index contributed by atoms with van der Waals surface area (Å²) in [7, 11) is 0. The van der Waals surface area contributed by atoms with Gasteiger partial charge in [-0.15, -0.1) is 0 Å². The van der Waals surface area contributed by atoms with Crippen LogP contribution in [-0.4, -0.2) is 5.91 Å². The zero-order valence-corrected chi connectivity index (χ0v) is 15.2. The molecule has 2 saturated carbocycles. The second-order valence-electron chi connectivity index (χ2n) is 7.79. The van der Waals surface area contributed by atoms with Crippen LogP contribution in [0.1, 0.15) is 43.2 Å². The SMILES string of the molecule is O=C(CC1CC2CCC1C2)NCc1ccccc1COc1ccccc1. The minimum Gasteiger partial charge on any atom is -0.489 e. The van der Waals surface area contributed by atoms with Crippen LogP contribution in [0.25, 0.3) is 0 Å². The van der Waals surface area contributed by atoms with Crippen molar-refractivity contribution in [2.45, 2.75) is 45.3 Å². The summed E-state index contributed by atoms with van der Waals surface area (Å²) in [6.07, 6.45) is 6.04. The summed E-state index contributed by atoms with van der Waals surface area (Å²) in [6, 6.07) is 18.0. The molecule has 0 saturated heterocycles. The molecule has 2 fully saturated rings. The van der Waals surface area contributed by atoms with Gasteiger partial charge in [-0.1, -0.05) is 48.9 Å².